The fourth-order valence-electron chi connectivity index (χ4n) is 2.99. The molecule has 0 radical (unpaired) electrons. The molecule has 1 amide bonds. The third kappa shape index (κ3) is 3.14. The highest BCUT2D eigenvalue weighted by atomic mass is 16.6. The molecule has 0 spiro atoms. The van der Waals surface area contributed by atoms with Crippen molar-refractivity contribution in [1.29, 1.82) is 0 Å². The summed E-state index contributed by atoms with van der Waals surface area (Å²) in [6.07, 6.45) is 0. The second kappa shape index (κ2) is 6.60. The van der Waals surface area contributed by atoms with E-state index < -0.39 is 4.92 Å². The van der Waals surface area contributed by atoms with Gasteiger partial charge in [0.25, 0.3) is 11.6 Å². The fourth-order valence-corrected chi connectivity index (χ4v) is 2.99. The molecule has 0 saturated heterocycles. The second-order valence-corrected chi connectivity index (χ2v) is 6.20. The van der Waals surface area contributed by atoms with E-state index in [0.29, 0.717) is 42.2 Å². The third-order valence-corrected chi connectivity index (χ3v) is 4.33. The number of aromatic amines is 1. The Morgan fingerprint density at radius 1 is 1.22 bits per heavy atom. The van der Waals surface area contributed by atoms with E-state index in [1.807, 2.05) is 18.2 Å². The van der Waals surface area contributed by atoms with E-state index in [9.17, 15) is 14.9 Å². The van der Waals surface area contributed by atoms with Gasteiger partial charge in [-0.3, -0.25) is 20.0 Å². The molecule has 3 aromatic rings. The van der Waals surface area contributed by atoms with Gasteiger partial charge in [-0.15, -0.1) is 0 Å². The van der Waals surface area contributed by atoms with Gasteiger partial charge < -0.3 is 14.4 Å². The molecule has 1 aliphatic heterocycles. The maximum atomic E-state index is 12.8. The summed E-state index contributed by atoms with van der Waals surface area (Å²) in [6, 6.07) is 9.78. The van der Waals surface area contributed by atoms with Crippen LogP contribution in [0.15, 0.2) is 36.4 Å². The van der Waals surface area contributed by atoms with Crippen LogP contribution in [0.1, 0.15) is 16.1 Å². The number of H-pyrrole nitrogens is 1. The van der Waals surface area contributed by atoms with Crippen molar-refractivity contribution in [2.24, 2.45) is 0 Å². The molecule has 0 fully saturated rings. The topological polar surface area (TPSA) is 111 Å². The molecule has 27 heavy (non-hydrogen) atoms. The molecule has 1 aromatic heterocycles. The molecular formula is C18H16N4O5. The molecule has 4 rings (SSSR count). The summed E-state index contributed by atoms with van der Waals surface area (Å²) in [5, 5.41) is 18.2. The first kappa shape index (κ1) is 16.8. The van der Waals surface area contributed by atoms with Crippen molar-refractivity contribution in [2.45, 2.75) is 6.54 Å². The van der Waals surface area contributed by atoms with Gasteiger partial charge in [-0.1, -0.05) is 6.07 Å². The number of amides is 1. The van der Waals surface area contributed by atoms with Crippen LogP contribution in [-0.2, 0) is 6.54 Å². The van der Waals surface area contributed by atoms with Gasteiger partial charge in [0.15, 0.2) is 17.2 Å². The van der Waals surface area contributed by atoms with E-state index in [2.05, 4.69) is 10.2 Å². The van der Waals surface area contributed by atoms with Crippen molar-refractivity contribution in [3.63, 3.8) is 0 Å². The van der Waals surface area contributed by atoms with Gasteiger partial charge in [-0.05, 0) is 23.8 Å². The van der Waals surface area contributed by atoms with E-state index in [1.54, 1.807) is 7.05 Å². The van der Waals surface area contributed by atoms with Gasteiger partial charge in [-0.25, -0.2) is 0 Å². The number of nitrogens with zero attached hydrogens (tertiary/aromatic N) is 3. The maximum absolute atomic E-state index is 12.8. The molecule has 1 aliphatic rings. The minimum Gasteiger partial charge on any atom is -0.486 e. The quantitative estimate of drug-likeness (QED) is 0.560. The zero-order valence-corrected chi connectivity index (χ0v) is 14.5. The van der Waals surface area contributed by atoms with Crippen LogP contribution in [-0.4, -0.2) is 46.2 Å². The lowest BCUT2D eigenvalue weighted by Gasteiger charge is -2.21. The normalized spacial score (nSPS) is 12.8. The lowest BCUT2D eigenvalue weighted by molar-refractivity contribution is -0.384. The summed E-state index contributed by atoms with van der Waals surface area (Å²) in [4.78, 5) is 24.8. The molecule has 0 atom stereocenters. The molecule has 0 aliphatic carbocycles. The van der Waals surface area contributed by atoms with E-state index >= 15 is 0 Å². The molecule has 1 N–H and O–H groups in total. The van der Waals surface area contributed by atoms with Crippen molar-refractivity contribution in [3.8, 4) is 11.5 Å². The molecule has 9 nitrogen and oxygen atoms in total. The maximum Gasteiger partial charge on any atom is 0.275 e. The highest BCUT2D eigenvalue weighted by Gasteiger charge is 2.21. The molecule has 0 saturated carbocycles. The number of hydrogen-bond donors (Lipinski definition) is 1. The molecule has 2 heterocycles. The smallest absolute Gasteiger partial charge is 0.275 e. The molecule has 0 bridgehead atoms. The molecule has 138 valence electrons. The van der Waals surface area contributed by atoms with Gasteiger partial charge in [0, 0.05) is 31.1 Å². The number of aromatic nitrogens is 2. The Balaban J connectivity index is 1.58. The number of rotatable bonds is 4. The number of hydrogen-bond acceptors (Lipinski definition) is 6. The number of nitro benzene ring substituents is 1. The van der Waals surface area contributed by atoms with Crippen LogP contribution < -0.4 is 9.47 Å². The van der Waals surface area contributed by atoms with Crippen LogP contribution in [0.3, 0.4) is 0 Å². The number of carbonyl (C=O) groups excluding carboxylic acids is 1. The van der Waals surface area contributed by atoms with Crippen molar-refractivity contribution in [2.75, 3.05) is 20.3 Å². The Morgan fingerprint density at radius 3 is 2.78 bits per heavy atom. The van der Waals surface area contributed by atoms with Crippen LogP contribution in [0, 0.1) is 10.1 Å². The molecule has 2 aromatic carbocycles. The fraction of sp³-hybridized carbons (Fsp3) is 0.222. The monoisotopic (exact) mass is 368 g/mol. The first-order chi connectivity index (χ1) is 13.0. The predicted molar refractivity (Wildman–Crippen MR) is 96.0 cm³/mol. The Labute approximate surface area is 153 Å². The van der Waals surface area contributed by atoms with Crippen molar-refractivity contribution < 1.29 is 19.2 Å². The molecule has 9 heteroatoms. The van der Waals surface area contributed by atoms with E-state index in [-0.39, 0.29) is 17.3 Å². The number of non-ortho nitro benzene ring substituents is 1. The highest BCUT2D eigenvalue weighted by molar-refractivity contribution is 6.05. The summed E-state index contributed by atoms with van der Waals surface area (Å²) in [5.41, 5.74) is 1.50. The lowest BCUT2D eigenvalue weighted by atomic mass is 10.1. The zero-order valence-electron chi connectivity index (χ0n) is 14.5. The second-order valence-electron chi connectivity index (χ2n) is 6.20. The van der Waals surface area contributed by atoms with Gasteiger partial charge in [0.2, 0.25) is 0 Å². The number of nitro groups is 1. The van der Waals surface area contributed by atoms with E-state index in [4.69, 9.17) is 9.47 Å². The van der Waals surface area contributed by atoms with Gasteiger partial charge in [0.05, 0.1) is 10.4 Å². The van der Waals surface area contributed by atoms with Gasteiger partial charge in [0.1, 0.15) is 13.2 Å². The van der Waals surface area contributed by atoms with Crippen molar-refractivity contribution >= 4 is 22.5 Å². The van der Waals surface area contributed by atoms with Gasteiger partial charge >= 0.3 is 0 Å². The minimum atomic E-state index is -0.500. The SMILES string of the molecule is CN(Cc1ccc2c(c1)OCCO2)C(=O)c1n[nH]c2ccc([N+](=O)[O-])cc12. The average Bonchev–Trinajstić information content (AvgIpc) is 3.10. The molecule has 0 unspecified atom stereocenters. The molecular weight excluding hydrogens is 352 g/mol. The van der Waals surface area contributed by atoms with Crippen LogP contribution in [0.5, 0.6) is 11.5 Å². The number of fused-ring (bicyclic) bond motifs is 2. The zero-order chi connectivity index (χ0) is 19.0. The van der Waals surface area contributed by atoms with Gasteiger partial charge in [-0.2, -0.15) is 5.10 Å². The first-order valence-electron chi connectivity index (χ1n) is 8.29. The number of nitrogens with one attached hydrogen (secondary N) is 1. The Morgan fingerprint density at radius 2 is 2.00 bits per heavy atom. The van der Waals surface area contributed by atoms with Crippen LogP contribution in [0.2, 0.25) is 0 Å². The average molecular weight is 368 g/mol. The third-order valence-electron chi connectivity index (χ3n) is 4.33. The van der Waals surface area contributed by atoms with Crippen molar-refractivity contribution in [3.05, 3.63) is 57.8 Å². The summed E-state index contributed by atoms with van der Waals surface area (Å²) >= 11 is 0. The summed E-state index contributed by atoms with van der Waals surface area (Å²) in [6.45, 7) is 1.34. The highest BCUT2D eigenvalue weighted by Crippen LogP contribution is 2.31. The minimum absolute atomic E-state index is 0.0903. The predicted octanol–water partition coefficient (Wildman–Crippen LogP) is 2.51. The standard InChI is InChI=1S/C18H16N4O5/c1-21(10-11-2-5-15-16(8-11)27-7-6-26-15)18(23)17-13-9-12(22(24)25)3-4-14(13)19-20-17/h2-5,8-9H,6-7,10H2,1H3,(H,19,20). The number of carbonyl (C=O) groups is 1. The van der Waals surface area contributed by atoms with E-state index in [0.717, 1.165) is 5.56 Å². The van der Waals surface area contributed by atoms with Crippen LogP contribution in [0.25, 0.3) is 10.9 Å². The lowest BCUT2D eigenvalue weighted by Crippen LogP contribution is -2.27. The van der Waals surface area contributed by atoms with Crippen LogP contribution in [0.4, 0.5) is 5.69 Å². The van der Waals surface area contributed by atoms with Crippen LogP contribution >= 0.6 is 0 Å². The van der Waals surface area contributed by atoms with E-state index in [1.165, 1.54) is 23.1 Å². The largest absolute Gasteiger partial charge is 0.486 e. The first-order valence-corrected chi connectivity index (χ1v) is 8.29. The number of ether oxygens (including phenoxy) is 2. The summed E-state index contributed by atoms with van der Waals surface area (Å²) in [7, 11) is 1.65. The number of benzene rings is 2. The Kier molecular flexibility index (Phi) is 4.11. The summed E-state index contributed by atoms with van der Waals surface area (Å²) in [5.74, 6) is 1.00. The van der Waals surface area contributed by atoms with Crippen molar-refractivity contribution in [1.82, 2.24) is 15.1 Å². The Bertz CT molecular complexity index is 1050. The Hall–Kier alpha value is -3.62. The summed E-state index contributed by atoms with van der Waals surface area (Å²) < 4.78 is 11.1.